The number of carbonyl (C=O) groups excluding carboxylic acids is 2. The van der Waals surface area contributed by atoms with Crippen LogP contribution in [-0.4, -0.2) is 48.1 Å². The van der Waals surface area contributed by atoms with Crippen LogP contribution < -0.4 is 0 Å². The van der Waals surface area contributed by atoms with E-state index in [1.807, 2.05) is 12.1 Å². The highest BCUT2D eigenvalue weighted by atomic mass is 35.5. The number of carbonyl (C=O) groups is 2. The molecule has 0 N–H and O–H groups in total. The van der Waals surface area contributed by atoms with Crippen molar-refractivity contribution in [2.45, 2.75) is 56.5 Å². The molecular formula is C22H23ClFNO4. The summed E-state index contributed by atoms with van der Waals surface area (Å²) in [7, 11) is 0. The van der Waals surface area contributed by atoms with E-state index in [4.69, 9.17) is 21.1 Å². The first-order valence-corrected chi connectivity index (χ1v) is 10.7. The molecule has 0 bridgehead atoms. The zero-order chi connectivity index (χ0) is 20.1. The number of Topliss-reactive ketones (excluding diaryl/α,β-unsaturated/α-hetero) is 1. The molecule has 0 aromatic heterocycles. The van der Waals surface area contributed by atoms with Gasteiger partial charge in [0.2, 0.25) is 0 Å². The Hall–Kier alpha value is -1.92. The summed E-state index contributed by atoms with van der Waals surface area (Å²) in [5.74, 6) is -0.805. The van der Waals surface area contributed by atoms with E-state index in [0.29, 0.717) is 36.6 Å². The Bertz CT molecular complexity index is 864. The Kier molecular flexibility index (Phi) is 4.87. The average Bonchev–Trinajstić information content (AvgIpc) is 3.32. The Balaban J connectivity index is 1.54. The lowest BCUT2D eigenvalue weighted by Gasteiger charge is -2.36. The van der Waals surface area contributed by atoms with Crippen molar-refractivity contribution in [1.29, 1.82) is 0 Å². The highest BCUT2D eigenvalue weighted by Crippen LogP contribution is 2.47. The van der Waals surface area contributed by atoms with E-state index in [1.165, 1.54) is 0 Å². The van der Waals surface area contributed by atoms with Crippen LogP contribution in [0.5, 0.6) is 0 Å². The van der Waals surface area contributed by atoms with Gasteiger partial charge < -0.3 is 14.4 Å². The van der Waals surface area contributed by atoms with Crippen LogP contribution in [0, 0.1) is 5.92 Å². The third-order valence-electron chi connectivity index (χ3n) is 6.49. The predicted octanol–water partition coefficient (Wildman–Crippen LogP) is 3.76. The first kappa shape index (κ1) is 19.1. The van der Waals surface area contributed by atoms with E-state index >= 15 is 0 Å². The summed E-state index contributed by atoms with van der Waals surface area (Å²) in [6, 6.07) is 6.61. The van der Waals surface area contributed by atoms with Crippen LogP contribution in [0.15, 0.2) is 35.6 Å². The fourth-order valence-corrected chi connectivity index (χ4v) is 5.18. The first-order chi connectivity index (χ1) is 14.0. The lowest BCUT2D eigenvalue weighted by molar-refractivity contribution is -0.137. The highest BCUT2D eigenvalue weighted by molar-refractivity contribution is 6.30. The van der Waals surface area contributed by atoms with Gasteiger partial charge in [0.25, 0.3) is 5.91 Å². The van der Waals surface area contributed by atoms with Crippen molar-refractivity contribution in [3.8, 4) is 0 Å². The van der Waals surface area contributed by atoms with Crippen LogP contribution in [0.2, 0.25) is 5.02 Å². The van der Waals surface area contributed by atoms with Gasteiger partial charge in [-0.1, -0.05) is 23.7 Å². The van der Waals surface area contributed by atoms with Gasteiger partial charge in [-0.2, -0.15) is 0 Å². The van der Waals surface area contributed by atoms with Gasteiger partial charge in [0.15, 0.2) is 11.5 Å². The van der Waals surface area contributed by atoms with E-state index in [0.717, 1.165) is 18.4 Å². The molecule has 5 unspecified atom stereocenters. The zero-order valence-electron chi connectivity index (χ0n) is 16.0. The van der Waals surface area contributed by atoms with Crippen molar-refractivity contribution in [2.75, 3.05) is 13.2 Å². The standard InChI is InChI=1S/C22H23ClFNO4/c23-13-5-3-12(4-6-13)19-18-20(26)16-10-14(24)7-8-17(16)29-21(18)22(27)25(19)11-15-2-1-9-28-15/h3-6,14-17,19H,1-2,7-11H2. The third-order valence-corrected chi connectivity index (χ3v) is 6.74. The number of hydrogen-bond donors (Lipinski definition) is 0. The maximum Gasteiger partial charge on any atom is 0.290 e. The number of rotatable bonds is 3. The lowest BCUT2D eigenvalue weighted by atomic mass is 9.77. The zero-order valence-corrected chi connectivity index (χ0v) is 16.7. The smallest absolute Gasteiger partial charge is 0.290 e. The van der Waals surface area contributed by atoms with Gasteiger partial charge >= 0.3 is 0 Å². The van der Waals surface area contributed by atoms with Gasteiger partial charge in [0, 0.05) is 18.2 Å². The molecule has 29 heavy (non-hydrogen) atoms. The van der Waals surface area contributed by atoms with Crippen LogP contribution in [0.3, 0.4) is 0 Å². The molecule has 3 heterocycles. The van der Waals surface area contributed by atoms with E-state index in [-0.39, 0.29) is 30.0 Å². The summed E-state index contributed by atoms with van der Waals surface area (Å²) in [5.41, 5.74) is 1.17. The average molecular weight is 420 g/mol. The molecule has 0 spiro atoms. The molecule has 5 atom stereocenters. The molecule has 0 radical (unpaired) electrons. The predicted molar refractivity (Wildman–Crippen MR) is 104 cm³/mol. The van der Waals surface area contributed by atoms with Crippen molar-refractivity contribution in [1.82, 2.24) is 4.90 Å². The SMILES string of the molecule is O=C1C2=C(OC3CCC(F)CC13)C(=O)N(CC1CCCO1)C2c1ccc(Cl)cc1. The second-order valence-electron chi connectivity index (χ2n) is 8.33. The number of halogens is 2. The van der Waals surface area contributed by atoms with Gasteiger partial charge in [-0.05, 0) is 49.8 Å². The quantitative estimate of drug-likeness (QED) is 0.748. The fourth-order valence-electron chi connectivity index (χ4n) is 5.05. The molecule has 1 aromatic rings. The van der Waals surface area contributed by atoms with Crippen molar-refractivity contribution in [3.05, 3.63) is 46.2 Å². The summed E-state index contributed by atoms with van der Waals surface area (Å²) in [4.78, 5) is 28.4. The number of benzene rings is 1. The third kappa shape index (κ3) is 3.26. The molecule has 3 aliphatic heterocycles. The van der Waals surface area contributed by atoms with Crippen LogP contribution in [-0.2, 0) is 19.1 Å². The number of hydrogen-bond acceptors (Lipinski definition) is 4. The molecule has 5 rings (SSSR count). The molecule has 154 valence electrons. The maximum atomic E-state index is 14.0. The molecule has 2 fully saturated rings. The Morgan fingerprint density at radius 3 is 2.66 bits per heavy atom. The van der Waals surface area contributed by atoms with Crippen LogP contribution >= 0.6 is 11.6 Å². The minimum Gasteiger partial charge on any atom is -0.483 e. The topological polar surface area (TPSA) is 55.8 Å². The molecular weight excluding hydrogens is 397 g/mol. The number of alkyl halides is 1. The summed E-state index contributed by atoms with van der Waals surface area (Å²) in [6.45, 7) is 1.08. The van der Waals surface area contributed by atoms with E-state index in [9.17, 15) is 14.0 Å². The molecule has 4 aliphatic rings. The highest BCUT2D eigenvalue weighted by Gasteiger charge is 2.53. The van der Waals surface area contributed by atoms with Gasteiger partial charge in [-0.25, -0.2) is 4.39 Å². The molecule has 1 amide bonds. The number of nitrogens with zero attached hydrogens (tertiary/aromatic N) is 1. The van der Waals surface area contributed by atoms with Gasteiger partial charge in [0.05, 0.1) is 23.6 Å². The van der Waals surface area contributed by atoms with Gasteiger partial charge in [-0.15, -0.1) is 0 Å². The van der Waals surface area contributed by atoms with Crippen LogP contribution in [0.25, 0.3) is 0 Å². The molecule has 1 aromatic carbocycles. The Morgan fingerprint density at radius 1 is 1.14 bits per heavy atom. The largest absolute Gasteiger partial charge is 0.483 e. The van der Waals surface area contributed by atoms with Gasteiger partial charge in [0.1, 0.15) is 12.3 Å². The van der Waals surface area contributed by atoms with Gasteiger partial charge in [-0.3, -0.25) is 9.59 Å². The van der Waals surface area contributed by atoms with Crippen molar-refractivity contribution in [3.63, 3.8) is 0 Å². The summed E-state index contributed by atoms with van der Waals surface area (Å²) >= 11 is 6.05. The number of ether oxygens (including phenoxy) is 2. The van der Waals surface area contributed by atoms with Crippen molar-refractivity contribution >= 4 is 23.3 Å². The molecule has 1 aliphatic carbocycles. The normalized spacial score (nSPS) is 34.3. The Morgan fingerprint density at radius 2 is 1.93 bits per heavy atom. The summed E-state index contributed by atoms with van der Waals surface area (Å²) < 4.78 is 25.8. The second kappa shape index (κ2) is 7.40. The summed E-state index contributed by atoms with van der Waals surface area (Å²) in [6.07, 6.45) is 1.36. The monoisotopic (exact) mass is 419 g/mol. The van der Waals surface area contributed by atoms with Crippen LogP contribution in [0.4, 0.5) is 4.39 Å². The molecule has 1 saturated heterocycles. The minimum atomic E-state index is -1.000. The number of amides is 1. The molecule has 1 saturated carbocycles. The maximum absolute atomic E-state index is 14.0. The minimum absolute atomic E-state index is 0.0531. The first-order valence-electron chi connectivity index (χ1n) is 10.3. The van der Waals surface area contributed by atoms with E-state index in [2.05, 4.69) is 0 Å². The Labute approximate surface area is 173 Å². The molecule has 7 heteroatoms. The summed E-state index contributed by atoms with van der Waals surface area (Å²) in [5, 5.41) is 0.580. The van der Waals surface area contributed by atoms with E-state index < -0.39 is 24.2 Å². The second-order valence-corrected chi connectivity index (χ2v) is 8.76. The number of ketones is 1. The molecule has 5 nitrogen and oxygen atoms in total. The van der Waals surface area contributed by atoms with E-state index in [1.54, 1.807) is 17.0 Å². The fraction of sp³-hybridized carbons (Fsp3) is 0.545. The van der Waals surface area contributed by atoms with Crippen molar-refractivity contribution < 1.29 is 23.5 Å². The van der Waals surface area contributed by atoms with Crippen molar-refractivity contribution in [2.24, 2.45) is 5.92 Å². The number of fused-ring (bicyclic) bond motifs is 1. The lowest BCUT2D eigenvalue weighted by Crippen LogP contribution is -2.42. The van der Waals surface area contributed by atoms with Crippen LogP contribution in [0.1, 0.15) is 43.7 Å².